The maximum Gasteiger partial charge on any atom is 0.321 e. The van der Waals surface area contributed by atoms with Crippen molar-refractivity contribution in [1.29, 1.82) is 0 Å². The fourth-order valence-corrected chi connectivity index (χ4v) is 3.62. The standard InChI is InChI=1S/C22H25ClFN3O2/c23-18-7-9-20(10-8-18)26-22(29)27-12-2-4-16(15-27)6-11-21(28)25-14-17-3-1-5-19(24)13-17/h1,3,5,7-10,13,16H,2,4,6,11-12,14-15H2,(H,25,28)(H,26,29)/t16-/m1/s1. The molecule has 5 nitrogen and oxygen atoms in total. The van der Waals surface area contributed by atoms with E-state index in [0.29, 0.717) is 42.7 Å². The number of nitrogens with one attached hydrogen (secondary N) is 2. The largest absolute Gasteiger partial charge is 0.352 e. The monoisotopic (exact) mass is 417 g/mol. The topological polar surface area (TPSA) is 61.4 Å². The number of amides is 3. The average molecular weight is 418 g/mol. The molecule has 1 heterocycles. The summed E-state index contributed by atoms with van der Waals surface area (Å²) in [7, 11) is 0. The number of likely N-dealkylation sites (tertiary alicyclic amines) is 1. The first-order chi connectivity index (χ1) is 14.0. The fraction of sp³-hybridized carbons (Fsp3) is 0.364. The van der Waals surface area contributed by atoms with Crippen LogP contribution in [0, 0.1) is 11.7 Å². The molecule has 0 spiro atoms. The first-order valence-corrected chi connectivity index (χ1v) is 10.2. The van der Waals surface area contributed by atoms with Crippen LogP contribution in [0.5, 0.6) is 0 Å². The quantitative estimate of drug-likeness (QED) is 0.707. The van der Waals surface area contributed by atoms with Gasteiger partial charge < -0.3 is 15.5 Å². The van der Waals surface area contributed by atoms with Gasteiger partial charge in [0.15, 0.2) is 0 Å². The third kappa shape index (κ3) is 6.75. The van der Waals surface area contributed by atoms with Gasteiger partial charge in [0.25, 0.3) is 0 Å². The summed E-state index contributed by atoms with van der Waals surface area (Å²) in [5, 5.41) is 6.34. The first-order valence-electron chi connectivity index (χ1n) is 9.82. The van der Waals surface area contributed by atoms with Crippen molar-refractivity contribution >= 4 is 29.2 Å². The van der Waals surface area contributed by atoms with E-state index in [0.717, 1.165) is 24.8 Å². The zero-order valence-corrected chi connectivity index (χ0v) is 16.9. The first kappa shape index (κ1) is 21.1. The van der Waals surface area contributed by atoms with Crippen LogP contribution in [0.2, 0.25) is 5.02 Å². The van der Waals surface area contributed by atoms with Gasteiger partial charge in [-0.2, -0.15) is 0 Å². The number of rotatable bonds is 6. The summed E-state index contributed by atoms with van der Waals surface area (Å²) >= 11 is 5.87. The van der Waals surface area contributed by atoms with Crippen LogP contribution in [0.25, 0.3) is 0 Å². The van der Waals surface area contributed by atoms with Crippen LogP contribution in [0.3, 0.4) is 0 Å². The molecule has 2 aromatic carbocycles. The molecular weight excluding hydrogens is 393 g/mol. The van der Waals surface area contributed by atoms with Crippen molar-refractivity contribution in [2.45, 2.75) is 32.2 Å². The van der Waals surface area contributed by atoms with E-state index in [1.807, 2.05) is 0 Å². The summed E-state index contributed by atoms with van der Waals surface area (Å²) in [5.74, 6) is -0.0763. The molecule has 1 saturated heterocycles. The summed E-state index contributed by atoms with van der Waals surface area (Å²) in [5.41, 5.74) is 1.44. The zero-order valence-electron chi connectivity index (χ0n) is 16.2. The number of benzene rings is 2. The average Bonchev–Trinajstić information content (AvgIpc) is 2.72. The van der Waals surface area contributed by atoms with Crippen LogP contribution in [0.15, 0.2) is 48.5 Å². The maximum atomic E-state index is 13.2. The lowest BCUT2D eigenvalue weighted by Gasteiger charge is -2.32. The molecule has 2 aromatic rings. The van der Waals surface area contributed by atoms with Gasteiger partial charge in [0.2, 0.25) is 5.91 Å². The van der Waals surface area contributed by atoms with Crippen molar-refractivity contribution in [3.8, 4) is 0 Å². The van der Waals surface area contributed by atoms with E-state index in [9.17, 15) is 14.0 Å². The van der Waals surface area contributed by atoms with Gasteiger partial charge in [-0.15, -0.1) is 0 Å². The number of anilines is 1. The van der Waals surface area contributed by atoms with E-state index in [1.165, 1.54) is 12.1 Å². The summed E-state index contributed by atoms with van der Waals surface area (Å²) < 4.78 is 13.2. The lowest BCUT2D eigenvalue weighted by molar-refractivity contribution is -0.121. The Hall–Kier alpha value is -2.60. The van der Waals surface area contributed by atoms with Gasteiger partial charge in [-0.05, 0) is 67.1 Å². The molecule has 1 atom stereocenters. The Balaban J connectivity index is 1.41. The SMILES string of the molecule is O=C(CC[C@H]1CCCN(C(=O)Nc2ccc(Cl)cc2)C1)NCc1cccc(F)c1. The lowest BCUT2D eigenvalue weighted by Crippen LogP contribution is -2.42. The second-order valence-electron chi connectivity index (χ2n) is 7.34. The number of urea groups is 1. The van der Waals surface area contributed by atoms with E-state index < -0.39 is 0 Å². The number of carbonyl (C=O) groups excluding carboxylic acids is 2. The highest BCUT2D eigenvalue weighted by atomic mass is 35.5. The molecule has 0 bridgehead atoms. The normalized spacial score (nSPS) is 16.3. The molecule has 1 aliphatic heterocycles. The molecule has 0 aliphatic carbocycles. The Kier molecular flexibility index (Phi) is 7.47. The minimum absolute atomic E-state index is 0.0583. The third-order valence-electron chi connectivity index (χ3n) is 5.06. The van der Waals surface area contributed by atoms with Gasteiger partial charge in [0.1, 0.15) is 5.82 Å². The molecule has 1 aliphatic rings. The lowest BCUT2D eigenvalue weighted by atomic mass is 9.93. The van der Waals surface area contributed by atoms with Crippen molar-refractivity contribution in [2.75, 3.05) is 18.4 Å². The molecule has 3 rings (SSSR count). The molecular formula is C22H25ClFN3O2. The van der Waals surface area contributed by atoms with Gasteiger partial charge in [-0.25, -0.2) is 9.18 Å². The molecule has 0 radical (unpaired) electrons. The Morgan fingerprint density at radius 2 is 1.97 bits per heavy atom. The Bertz CT molecular complexity index is 844. The number of piperidine rings is 1. The van der Waals surface area contributed by atoms with Crippen LogP contribution >= 0.6 is 11.6 Å². The Morgan fingerprint density at radius 1 is 1.17 bits per heavy atom. The van der Waals surface area contributed by atoms with Crippen molar-refractivity contribution in [1.82, 2.24) is 10.2 Å². The molecule has 0 saturated carbocycles. The fourth-order valence-electron chi connectivity index (χ4n) is 3.49. The van der Waals surface area contributed by atoms with Crippen molar-refractivity contribution in [3.05, 3.63) is 64.9 Å². The Labute approximate surface area is 175 Å². The second-order valence-corrected chi connectivity index (χ2v) is 7.77. The minimum Gasteiger partial charge on any atom is -0.352 e. The zero-order chi connectivity index (χ0) is 20.6. The summed E-state index contributed by atoms with van der Waals surface area (Å²) in [4.78, 5) is 26.4. The van der Waals surface area contributed by atoms with Crippen LogP contribution < -0.4 is 10.6 Å². The molecule has 3 amide bonds. The van der Waals surface area contributed by atoms with E-state index >= 15 is 0 Å². The highest BCUT2D eigenvalue weighted by Gasteiger charge is 2.24. The highest BCUT2D eigenvalue weighted by Crippen LogP contribution is 2.22. The second kappa shape index (κ2) is 10.3. The number of hydrogen-bond donors (Lipinski definition) is 2. The van der Waals surface area contributed by atoms with Gasteiger partial charge >= 0.3 is 6.03 Å². The van der Waals surface area contributed by atoms with E-state index in [4.69, 9.17) is 11.6 Å². The smallest absolute Gasteiger partial charge is 0.321 e. The summed E-state index contributed by atoms with van der Waals surface area (Å²) in [6.07, 6.45) is 3.04. The summed E-state index contributed by atoms with van der Waals surface area (Å²) in [6, 6.07) is 13.1. The number of carbonyl (C=O) groups is 2. The molecule has 1 fully saturated rings. The van der Waals surface area contributed by atoms with E-state index in [-0.39, 0.29) is 17.8 Å². The number of nitrogens with zero attached hydrogens (tertiary/aromatic N) is 1. The Morgan fingerprint density at radius 3 is 2.72 bits per heavy atom. The maximum absolute atomic E-state index is 13.2. The third-order valence-corrected chi connectivity index (χ3v) is 5.31. The van der Waals surface area contributed by atoms with Gasteiger partial charge in [-0.3, -0.25) is 4.79 Å². The molecule has 7 heteroatoms. The molecule has 0 unspecified atom stereocenters. The predicted molar refractivity (Wildman–Crippen MR) is 112 cm³/mol. The molecule has 29 heavy (non-hydrogen) atoms. The molecule has 154 valence electrons. The van der Waals surface area contributed by atoms with Crippen LogP contribution in [0.4, 0.5) is 14.9 Å². The number of halogens is 2. The van der Waals surface area contributed by atoms with Crippen molar-refractivity contribution < 1.29 is 14.0 Å². The van der Waals surface area contributed by atoms with Crippen LogP contribution in [-0.4, -0.2) is 29.9 Å². The van der Waals surface area contributed by atoms with Crippen LogP contribution in [-0.2, 0) is 11.3 Å². The predicted octanol–water partition coefficient (Wildman–Crippen LogP) is 4.82. The highest BCUT2D eigenvalue weighted by molar-refractivity contribution is 6.30. The van der Waals surface area contributed by atoms with Gasteiger partial charge in [0.05, 0.1) is 0 Å². The summed E-state index contributed by atoms with van der Waals surface area (Å²) in [6.45, 7) is 1.66. The van der Waals surface area contributed by atoms with Crippen LogP contribution in [0.1, 0.15) is 31.2 Å². The van der Waals surface area contributed by atoms with Gasteiger partial charge in [0, 0.05) is 36.8 Å². The van der Waals surface area contributed by atoms with Crippen molar-refractivity contribution in [2.24, 2.45) is 5.92 Å². The van der Waals surface area contributed by atoms with E-state index in [1.54, 1.807) is 41.3 Å². The van der Waals surface area contributed by atoms with E-state index in [2.05, 4.69) is 10.6 Å². The molecule has 0 aromatic heterocycles. The van der Waals surface area contributed by atoms with Gasteiger partial charge in [-0.1, -0.05) is 23.7 Å². The number of hydrogen-bond acceptors (Lipinski definition) is 2. The van der Waals surface area contributed by atoms with Crippen molar-refractivity contribution in [3.63, 3.8) is 0 Å². The minimum atomic E-state index is -0.309. The molecule has 2 N–H and O–H groups in total.